The average Bonchev–Trinajstić information content (AvgIpc) is 0.757. The van der Waals surface area contributed by atoms with E-state index < -0.39 is 0 Å². The first-order chi connectivity index (χ1) is 66.2. The normalized spacial score (nSPS) is 10.7. The van der Waals surface area contributed by atoms with Crippen LogP contribution in [-0.2, 0) is 80.4 Å². The van der Waals surface area contributed by atoms with Crippen LogP contribution in [0.4, 0.5) is 0 Å². The van der Waals surface area contributed by atoms with E-state index in [9.17, 15) is 0 Å². The molecule has 662 valence electrons. The maximum absolute atomic E-state index is 4.71. The van der Waals surface area contributed by atoms with Crippen LogP contribution in [-0.4, -0.2) is 39.9 Å². The van der Waals surface area contributed by atoms with Gasteiger partial charge in [0.05, 0.1) is 0 Å². The molecule has 0 saturated heterocycles. The Bertz CT molecular complexity index is 6880. The van der Waals surface area contributed by atoms with E-state index in [0.29, 0.717) is 0 Å². The molecule has 22 aromatic rings. The molecule has 2 radical (unpaired) electrons. The quantitative estimate of drug-likeness (QED) is 0.0695. The summed E-state index contributed by atoms with van der Waals surface area (Å²) in [5.74, 6) is 0. The fourth-order valence-corrected chi connectivity index (χ4v) is 17.7. The van der Waals surface area contributed by atoms with Gasteiger partial charge in [0.25, 0.3) is 0 Å². The van der Waals surface area contributed by atoms with E-state index in [1.54, 1.807) is 0 Å². The molecule has 12 heteroatoms. The van der Waals surface area contributed by atoms with E-state index in [1.165, 1.54) is 33.4 Å². The van der Waals surface area contributed by atoms with Gasteiger partial charge in [-0.15, -0.1) is 239 Å². The van der Waals surface area contributed by atoms with Crippen LogP contribution in [0.25, 0.3) is 224 Å². The van der Waals surface area contributed by atoms with E-state index in [4.69, 9.17) is 29.9 Å². The molecular weight excluding hydrogens is 2390 g/mol. The minimum absolute atomic E-state index is 0. The Balaban J connectivity index is 0.000000263. The predicted molar refractivity (Wildman–Crippen MR) is 544 cm³/mol. The van der Waals surface area contributed by atoms with Gasteiger partial charge < -0.3 is 39.9 Å². The van der Waals surface area contributed by atoms with Crippen molar-refractivity contribution in [3.05, 3.63) is 510 Å². The zero-order chi connectivity index (χ0) is 89.9. The zero-order valence-corrected chi connectivity index (χ0v) is 84.2. The van der Waals surface area contributed by atoms with Gasteiger partial charge in [-0.2, -0.15) is 0 Å². The summed E-state index contributed by atoms with van der Waals surface area (Å²) in [4.78, 5) is 37.2. The van der Waals surface area contributed by atoms with Crippen molar-refractivity contribution in [2.24, 2.45) is 0 Å². The van der Waals surface area contributed by atoms with Crippen LogP contribution in [0.3, 0.4) is 0 Å². The Morgan fingerprint density at radius 1 is 0.152 bits per heavy atom. The molecule has 8 nitrogen and oxygen atoms in total. The molecule has 0 fully saturated rings. The van der Waals surface area contributed by atoms with E-state index in [-0.39, 0.29) is 80.4 Å². The Morgan fingerprint density at radius 3 is 0.435 bits per heavy atom. The molecule has 8 heterocycles. The van der Waals surface area contributed by atoms with Gasteiger partial charge in [0, 0.05) is 89.8 Å². The molecule has 0 spiro atoms. The number of hydrogen-bond donors (Lipinski definition) is 0. The summed E-state index contributed by atoms with van der Waals surface area (Å²) in [5, 5.41) is 0. The Kier molecular flexibility index (Phi) is 30.3. The second kappa shape index (κ2) is 44.1. The largest absolute Gasteiger partial charge is 3.00 e. The SMILES string of the molecule is Cc1cc(C)cc(-c2c(-c3c[c-]c(-c4ccccn4)cc3)cccc2-c2c[c-]c(-c3ccccn3)cc2)c1.[Ir+3].[Ir+3].[Ir].[Ir].[c-]1cc(-c2cccc(-c3c[c-]c(-c4ccccn4)cc3)c2-c2cc(-c3c(-c4c[c-]c(-c5ccccn5)cc4)cccc3-c3c[c-]c(-c4ccccn4)cc3)cc(-c3c(-c4c[c-]c(-c5ccccn5)cc4)cccc3-c3c[c-]c(-c4ccccn4)cc3)c2)ccc1-c1ccccn1. The van der Waals surface area contributed by atoms with Crippen molar-refractivity contribution in [2.45, 2.75) is 13.8 Å². The van der Waals surface area contributed by atoms with Crippen LogP contribution in [0.5, 0.6) is 0 Å². The van der Waals surface area contributed by atoms with Crippen molar-refractivity contribution in [3.63, 3.8) is 0 Å². The number of rotatable bonds is 20. The van der Waals surface area contributed by atoms with Gasteiger partial charge in [-0.05, 0) is 171 Å². The Labute approximate surface area is 859 Å². The third-order valence-electron chi connectivity index (χ3n) is 24.1. The summed E-state index contributed by atoms with van der Waals surface area (Å²) in [7, 11) is 0. The summed E-state index contributed by atoms with van der Waals surface area (Å²) in [6, 6.07) is 168. The van der Waals surface area contributed by atoms with Crippen LogP contribution < -0.4 is 0 Å². The minimum atomic E-state index is 0. The van der Waals surface area contributed by atoms with Crippen LogP contribution >= 0.6 is 0 Å². The van der Waals surface area contributed by atoms with Crippen LogP contribution in [0, 0.1) is 62.4 Å². The first-order valence-electron chi connectivity index (χ1n) is 44.5. The molecule has 0 unspecified atom stereocenters. The third kappa shape index (κ3) is 20.8. The number of aromatic nitrogens is 8. The molecule has 138 heavy (non-hydrogen) atoms. The van der Waals surface area contributed by atoms with Crippen molar-refractivity contribution in [3.8, 4) is 224 Å². The van der Waals surface area contributed by atoms with Crippen molar-refractivity contribution in [1.29, 1.82) is 0 Å². The minimum Gasteiger partial charge on any atom is -0.305 e. The third-order valence-corrected chi connectivity index (χ3v) is 24.1. The van der Waals surface area contributed by atoms with Crippen molar-refractivity contribution >= 4 is 0 Å². The van der Waals surface area contributed by atoms with Gasteiger partial charge >= 0.3 is 40.2 Å². The predicted octanol–water partition coefficient (Wildman–Crippen LogP) is 30.9. The molecule has 0 bridgehead atoms. The van der Waals surface area contributed by atoms with Gasteiger partial charge in [0.1, 0.15) is 0 Å². The van der Waals surface area contributed by atoms with E-state index >= 15 is 0 Å². The fraction of sp³-hybridized carbons (Fsp3) is 0.0159. The van der Waals surface area contributed by atoms with Gasteiger partial charge in [-0.1, -0.05) is 288 Å². The molecule has 0 aliphatic carbocycles. The first-order valence-corrected chi connectivity index (χ1v) is 44.5. The molecule has 14 aromatic carbocycles. The molecule has 22 rings (SSSR count). The Hall–Kier alpha value is -15.1. The van der Waals surface area contributed by atoms with Crippen molar-refractivity contribution in [2.75, 3.05) is 0 Å². The number of nitrogens with zero attached hydrogens (tertiary/aromatic N) is 8. The zero-order valence-electron chi connectivity index (χ0n) is 74.6. The standard InChI is InChI=1S/C90H54N6.C36H26N2.4Ir/c1-7-52-91-82(22-1)67-40-28-61(29-41-67)76-16-13-17-77(62-30-42-68(43-31-62)83-23-2-8-53-92-83)88(76)73-58-74(89-78(63-32-44-69(45-33-63)84-24-3-9-54-93-84)18-14-19-79(89)64-34-46-70(47-35-64)85-25-4-10-55-94-85)60-75(59-73)90-80(65-36-48-71(49-37-65)86-26-5-11-56-95-86)20-15-21-81(90)66-38-50-72(51-39-66)87-27-6-12-57-96-87;1-25-22-26(2)24-31(23-25)36-32(27-12-16-29(17-13-27)34-10-3-5-20-37-34)8-7-9-33(36)28-14-18-30(19-15-28)35-11-4-6-21-38-35;;;;/h1-40,42,44,46,48,50,52-60H;3-16,18,20-24H,1-2H3;;;;/q-6;-2;;;2*+3. The number of aryl methyl sites for hydroxylation is 2. The maximum Gasteiger partial charge on any atom is 3.00 e. The molecule has 8 aromatic heterocycles. The fourth-order valence-electron chi connectivity index (χ4n) is 17.7. The van der Waals surface area contributed by atoms with Crippen molar-refractivity contribution < 1.29 is 80.4 Å². The number of benzene rings is 14. The molecule has 0 aliphatic rings. The van der Waals surface area contributed by atoms with Crippen molar-refractivity contribution in [1.82, 2.24) is 39.9 Å². The first kappa shape index (κ1) is 94.6. The summed E-state index contributed by atoms with van der Waals surface area (Å²) in [5.41, 5.74) is 42.0. The van der Waals surface area contributed by atoms with Gasteiger partial charge in [0.2, 0.25) is 0 Å². The smallest absolute Gasteiger partial charge is 0.305 e. The number of pyridine rings is 8. The summed E-state index contributed by atoms with van der Waals surface area (Å²) >= 11 is 0. The average molecular weight is 2470 g/mol. The topological polar surface area (TPSA) is 103 Å². The van der Waals surface area contributed by atoms with Crippen LogP contribution in [0.1, 0.15) is 11.1 Å². The van der Waals surface area contributed by atoms with Crippen LogP contribution in [0.15, 0.2) is 450 Å². The van der Waals surface area contributed by atoms with Gasteiger partial charge in [-0.3, -0.25) is 0 Å². The van der Waals surface area contributed by atoms with Gasteiger partial charge in [0.15, 0.2) is 0 Å². The monoisotopic (exact) mass is 2480 g/mol. The molecule has 0 aliphatic heterocycles. The summed E-state index contributed by atoms with van der Waals surface area (Å²) < 4.78 is 0. The molecular formula is C126H80Ir4N8-2. The molecule has 0 saturated carbocycles. The summed E-state index contributed by atoms with van der Waals surface area (Å²) in [6.07, 6.45) is 14.6. The van der Waals surface area contributed by atoms with E-state index in [1.807, 2.05) is 195 Å². The molecule has 0 atom stereocenters. The molecule has 0 amide bonds. The second-order valence-corrected chi connectivity index (χ2v) is 32.7. The van der Waals surface area contributed by atoms with Gasteiger partial charge in [-0.25, -0.2) is 0 Å². The van der Waals surface area contributed by atoms with Crippen LogP contribution in [0.2, 0.25) is 0 Å². The molecule has 0 N–H and O–H groups in total. The summed E-state index contributed by atoms with van der Waals surface area (Å²) in [6.45, 7) is 4.31. The number of hydrogen-bond acceptors (Lipinski definition) is 8. The van der Waals surface area contributed by atoms with E-state index in [2.05, 4.69) is 327 Å². The Morgan fingerprint density at radius 2 is 0.304 bits per heavy atom. The van der Waals surface area contributed by atoms with E-state index in [0.717, 1.165) is 201 Å². The maximum atomic E-state index is 4.71. The second-order valence-electron chi connectivity index (χ2n) is 32.7.